The van der Waals surface area contributed by atoms with E-state index >= 15 is 0 Å². The minimum atomic E-state index is -0.538. The van der Waals surface area contributed by atoms with Crippen LogP contribution in [0.1, 0.15) is 29.8 Å². The number of rotatable bonds is 5. The van der Waals surface area contributed by atoms with E-state index in [9.17, 15) is 4.79 Å². The summed E-state index contributed by atoms with van der Waals surface area (Å²) in [6.07, 6.45) is 5.19. The first-order valence-corrected chi connectivity index (χ1v) is 9.33. The number of hydrogen-bond donors (Lipinski definition) is 6. The predicted molar refractivity (Wildman–Crippen MR) is 112 cm³/mol. The lowest BCUT2D eigenvalue weighted by Gasteiger charge is -2.26. The number of nitrogens with two attached hydrogens (primary N) is 1. The predicted octanol–water partition coefficient (Wildman–Crippen LogP) is 2.34. The van der Waals surface area contributed by atoms with Gasteiger partial charge in [0.25, 0.3) is 12.4 Å². The van der Waals surface area contributed by atoms with Crippen LogP contribution in [0.5, 0.6) is 0 Å². The van der Waals surface area contributed by atoms with Gasteiger partial charge < -0.3 is 26.5 Å². The number of aromatic amines is 2. The molecule has 1 aromatic carbocycles. The molecule has 1 saturated carbocycles. The fourth-order valence-corrected chi connectivity index (χ4v) is 3.24. The number of carbonyl (C=O) groups excluding carboxylic acids is 1. The number of fused-ring (bicyclic) bond motifs is 2. The van der Waals surface area contributed by atoms with E-state index in [1.807, 2.05) is 18.2 Å². The van der Waals surface area contributed by atoms with Crippen LogP contribution >= 0.6 is 0 Å². The summed E-state index contributed by atoms with van der Waals surface area (Å²) in [5.74, 6) is 0.566. The largest absolute Gasteiger partial charge is 0.483 e. The van der Waals surface area contributed by atoms with E-state index in [1.54, 1.807) is 12.3 Å². The molecular weight excluding hydrogens is 388 g/mol. The summed E-state index contributed by atoms with van der Waals surface area (Å²) in [5.41, 5.74) is 8.75. The zero-order chi connectivity index (χ0) is 21.1. The molecule has 4 aromatic rings. The monoisotopic (exact) mass is 408 g/mol. The maximum atomic E-state index is 11.6. The van der Waals surface area contributed by atoms with E-state index in [0.29, 0.717) is 34.5 Å². The molecule has 0 saturated heterocycles. The Balaban J connectivity index is 0.000000687. The van der Waals surface area contributed by atoms with Crippen molar-refractivity contribution in [3.05, 3.63) is 36.2 Å². The Morgan fingerprint density at radius 1 is 1.30 bits per heavy atom. The minimum absolute atomic E-state index is 0.250. The van der Waals surface area contributed by atoms with Gasteiger partial charge in [0, 0.05) is 11.4 Å². The Morgan fingerprint density at radius 2 is 2.10 bits per heavy atom. The maximum absolute atomic E-state index is 11.6. The zero-order valence-electron chi connectivity index (χ0n) is 15.8. The molecule has 0 bridgehead atoms. The first kappa shape index (κ1) is 19.2. The second-order valence-electron chi connectivity index (χ2n) is 6.84. The number of nitrogens with one attached hydrogen (secondary N) is 4. The van der Waals surface area contributed by atoms with E-state index in [-0.39, 0.29) is 6.47 Å². The Bertz CT molecular complexity index is 1210. The third-order valence-corrected chi connectivity index (χ3v) is 4.92. The third-order valence-electron chi connectivity index (χ3n) is 4.92. The topological polar surface area (TPSA) is 175 Å². The van der Waals surface area contributed by atoms with Gasteiger partial charge in [-0.15, -0.1) is 0 Å². The molecule has 3 heterocycles. The normalized spacial score (nSPS) is 13.3. The van der Waals surface area contributed by atoms with Crippen LogP contribution in [0.4, 0.5) is 17.5 Å². The summed E-state index contributed by atoms with van der Waals surface area (Å²) >= 11 is 0. The van der Waals surface area contributed by atoms with Crippen molar-refractivity contribution in [3.63, 3.8) is 0 Å². The van der Waals surface area contributed by atoms with E-state index in [1.165, 1.54) is 6.42 Å². The molecule has 11 heteroatoms. The number of aromatic nitrogens is 5. The molecular formula is C19H20N8O3. The lowest BCUT2D eigenvalue weighted by Crippen LogP contribution is -2.28. The smallest absolute Gasteiger partial charge is 0.290 e. The Hall–Kier alpha value is -4.15. The molecule has 0 radical (unpaired) electrons. The van der Waals surface area contributed by atoms with Gasteiger partial charge in [-0.2, -0.15) is 10.1 Å². The zero-order valence-corrected chi connectivity index (χ0v) is 15.8. The molecule has 0 spiro atoms. The highest BCUT2D eigenvalue weighted by Crippen LogP contribution is 2.30. The highest BCUT2D eigenvalue weighted by Gasteiger charge is 2.20. The summed E-state index contributed by atoms with van der Waals surface area (Å²) in [6, 6.07) is 7.87. The maximum Gasteiger partial charge on any atom is 0.290 e. The number of carboxylic acid groups (broad SMARTS) is 1. The van der Waals surface area contributed by atoms with Crippen molar-refractivity contribution in [1.82, 2.24) is 25.1 Å². The van der Waals surface area contributed by atoms with Gasteiger partial charge in [0.2, 0.25) is 5.95 Å². The van der Waals surface area contributed by atoms with Crippen molar-refractivity contribution in [2.75, 3.05) is 10.6 Å². The highest BCUT2D eigenvalue weighted by atomic mass is 16.3. The van der Waals surface area contributed by atoms with Crippen molar-refractivity contribution < 1.29 is 14.7 Å². The van der Waals surface area contributed by atoms with Crippen molar-refractivity contribution in [2.24, 2.45) is 5.73 Å². The molecule has 7 N–H and O–H groups in total. The average molecular weight is 408 g/mol. The standard InChI is InChI=1S/C18H18N8O.CH2O2/c19-16(27)14-7-13-15(22-14)17(25-18(24-13)21-9-3-1-4-9)23-11-5-2-6-12-10(11)8-20-26-12;2-1-3/h2,5-9,22H,1,3-4H2,(H2,19,27)(H,20,26)(H2,21,23,24,25);1H,(H,2,3). The molecule has 1 aliphatic rings. The van der Waals surface area contributed by atoms with Crippen LogP contribution in [0.3, 0.4) is 0 Å². The first-order valence-electron chi connectivity index (χ1n) is 9.33. The second-order valence-corrected chi connectivity index (χ2v) is 6.84. The lowest BCUT2D eigenvalue weighted by molar-refractivity contribution is -0.122. The van der Waals surface area contributed by atoms with Gasteiger partial charge in [-0.3, -0.25) is 14.7 Å². The average Bonchev–Trinajstić information content (AvgIpc) is 3.33. The summed E-state index contributed by atoms with van der Waals surface area (Å²) in [5, 5.41) is 21.6. The molecule has 0 aliphatic heterocycles. The summed E-state index contributed by atoms with van der Waals surface area (Å²) in [6.45, 7) is -0.250. The van der Waals surface area contributed by atoms with Crippen molar-refractivity contribution in [3.8, 4) is 0 Å². The SMILES string of the molecule is NC(=O)c1cc2nc(NC3CCC3)nc(Nc3cccc4[nH]ncc34)c2[nH]1.O=CO. The van der Waals surface area contributed by atoms with Crippen LogP contribution < -0.4 is 16.4 Å². The molecule has 11 nitrogen and oxygen atoms in total. The number of primary amides is 1. The van der Waals surface area contributed by atoms with Gasteiger partial charge in [-0.1, -0.05) is 6.07 Å². The van der Waals surface area contributed by atoms with Crippen LogP contribution in [-0.2, 0) is 4.79 Å². The minimum Gasteiger partial charge on any atom is -0.483 e. The Labute approximate surface area is 170 Å². The third kappa shape index (κ3) is 3.72. The Morgan fingerprint density at radius 3 is 2.80 bits per heavy atom. The number of amides is 1. The van der Waals surface area contributed by atoms with Crippen LogP contribution in [0.2, 0.25) is 0 Å². The molecule has 0 unspecified atom stereocenters. The van der Waals surface area contributed by atoms with Crippen molar-refractivity contribution in [2.45, 2.75) is 25.3 Å². The molecule has 1 fully saturated rings. The highest BCUT2D eigenvalue weighted by molar-refractivity contribution is 6.01. The molecule has 0 atom stereocenters. The summed E-state index contributed by atoms with van der Waals surface area (Å²) < 4.78 is 0. The number of anilines is 3. The molecule has 3 aromatic heterocycles. The van der Waals surface area contributed by atoms with E-state index in [4.69, 9.17) is 15.6 Å². The second kappa shape index (κ2) is 8.07. The number of hydrogen-bond acceptors (Lipinski definition) is 7. The van der Waals surface area contributed by atoms with Gasteiger partial charge >= 0.3 is 0 Å². The van der Waals surface area contributed by atoms with Crippen molar-refractivity contribution in [1.29, 1.82) is 0 Å². The van der Waals surface area contributed by atoms with Gasteiger partial charge in [-0.25, -0.2) is 4.98 Å². The number of carbonyl (C=O) groups is 2. The van der Waals surface area contributed by atoms with Crippen molar-refractivity contribution >= 4 is 51.8 Å². The van der Waals surface area contributed by atoms with E-state index in [0.717, 1.165) is 29.4 Å². The lowest BCUT2D eigenvalue weighted by atomic mass is 9.93. The summed E-state index contributed by atoms with van der Waals surface area (Å²) in [7, 11) is 0. The first-order chi connectivity index (χ1) is 14.6. The fourth-order valence-electron chi connectivity index (χ4n) is 3.24. The quantitative estimate of drug-likeness (QED) is 0.273. The van der Waals surface area contributed by atoms with E-state index < -0.39 is 5.91 Å². The molecule has 1 aliphatic carbocycles. The van der Waals surface area contributed by atoms with E-state index in [2.05, 4.69) is 35.8 Å². The van der Waals surface area contributed by atoms with Crippen LogP contribution in [0.25, 0.3) is 21.9 Å². The molecule has 5 rings (SSSR count). The molecule has 154 valence electrons. The number of nitrogens with zero attached hydrogens (tertiary/aromatic N) is 3. The van der Waals surface area contributed by atoms with Gasteiger partial charge in [0.15, 0.2) is 5.82 Å². The number of benzene rings is 1. The van der Waals surface area contributed by atoms with Crippen LogP contribution in [-0.4, -0.2) is 48.7 Å². The van der Waals surface area contributed by atoms with Gasteiger partial charge in [-0.05, 0) is 37.5 Å². The molecule has 30 heavy (non-hydrogen) atoms. The Kier molecular flexibility index (Phi) is 5.16. The van der Waals surface area contributed by atoms with Crippen LogP contribution in [0, 0.1) is 0 Å². The van der Waals surface area contributed by atoms with Crippen LogP contribution in [0.15, 0.2) is 30.5 Å². The van der Waals surface area contributed by atoms with Gasteiger partial charge in [0.05, 0.1) is 22.9 Å². The number of H-pyrrole nitrogens is 2. The summed E-state index contributed by atoms with van der Waals surface area (Å²) in [4.78, 5) is 32.1. The molecule has 1 amide bonds. The fraction of sp³-hybridized carbons (Fsp3) is 0.211. The van der Waals surface area contributed by atoms with Gasteiger partial charge in [0.1, 0.15) is 11.2 Å².